The summed E-state index contributed by atoms with van der Waals surface area (Å²) in [5, 5.41) is 17.7. The highest BCUT2D eigenvalue weighted by Crippen LogP contribution is 1.97. The Bertz CT molecular complexity index is 503. The monoisotopic (exact) mass is 249 g/mol. The van der Waals surface area contributed by atoms with E-state index in [4.69, 9.17) is 5.26 Å². The van der Waals surface area contributed by atoms with Crippen LogP contribution in [0.15, 0.2) is 17.1 Å². The van der Waals surface area contributed by atoms with Crippen molar-refractivity contribution in [1.82, 2.24) is 15.1 Å². The van der Waals surface area contributed by atoms with Gasteiger partial charge in [-0.15, -0.1) is 0 Å². The first kappa shape index (κ1) is 13.7. The van der Waals surface area contributed by atoms with Crippen LogP contribution in [0.5, 0.6) is 0 Å². The molecule has 0 aliphatic heterocycles. The van der Waals surface area contributed by atoms with Crippen LogP contribution >= 0.6 is 0 Å². The maximum Gasteiger partial charge on any atom is 0.269 e. The van der Waals surface area contributed by atoms with E-state index in [0.717, 1.165) is 4.68 Å². The molecule has 1 aromatic rings. The minimum Gasteiger partial charge on any atom is -0.384 e. The number of amides is 1. The van der Waals surface area contributed by atoms with Crippen molar-refractivity contribution in [2.24, 2.45) is 0 Å². The molecule has 0 aromatic carbocycles. The topological polar surface area (TPSA) is 99.8 Å². The Morgan fingerprint density at radius 3 is 3.00 bits per heavy atom. The number of nitrogens with zero attached hydrogens (tertiary/aromatic N) is 3. The number of hydrogen-bond acceptors (Lipinski definition) is 5. The number of carbonyl (C=O) groups is 1. The molecule has 0 aliphatic rings. The molecule has 0 aliphatic carbocycles. The molecule has 0 radical (unpaired) electrons. The van der Waals surface area contributed by atoms with Gasteiger partial charge in [-0.05, 0) is 6.92 Å². The molecule has 0 spiro atoms. The van der Waals surface area contributed by atoms with Gasteiger partial charge in [0.1, 0.15) is 6.54 Å². The summed E-state index contributed by atoms with van der Waals surface area (Å²) in [7, 11) is 0. The minimum atomic E-state index is -0.344. The minimum absolute atomic E-state index is 0.142. The molecule has 0 atom stereocenters. The lowest BCUT2D eigenvalue weighted by Crippen LogP contribution is -2.33. The van der Waals surface area contributed by atoms with Crippen LogP contribution in [0.1, 0.15) is 13.3 Å². The fourth-order valence-electron chi connectivity index (χ4n) is 1.30. The summed E-state index contributed by atoms with van der Waals surface area (Å²) in [5.41, 5.74) is 0.285. The first-order valence-electron chi connectivity index (χ1n) is 5.62. The Hall–Kier alpha value is -2.36. The summed E-state index contributed by atoms with van der Waals surface area (Å²) in [5.74, 6) is -0.337. The van der Waals surface area contributed by atoms with Gasteiger partial charge in [0, 0.05) is 19.2 Å². The average molecular weight is 249 g/mol. The number of carbonyl (C=O) groups excluding carboxylic acids is 1. The first-order valence-corrected chi connectivity index (χ1v) is 5.62. The molecule has 1 amide bonds. The summed E-state index contributed by atoms with van der Waals surface area (Å²) in [6.07, 6.45) is 1.74. The second kappa shape index (κ2) is 7.06. The van der Waals surface area contributed by atoms with Crippen LogP contribution in [-0.4, -0.2) is 28.8 Å². The van der Waals surface area contributed by atoms with E-state index in [0.29, 0.717) is 12.2 Å². The number of aromatic nitrogens is 2. The molecule has 1 rings (SSSR count). The molecule has 7 nitrogen and oxygen atoms in total. The molecular formula is C11H15N5O2. The van der Waals surface area contributed by atoms with Crippen LogP contribution in [0.25, 0.3) is 0 Å². The van der Waals surface area contributed by atoms with Gasteiger partial charge in [0.15, 0.2) is 0 Å². The summed E-state index contributed by atoms with van der Waals surface area (Å²) >= 11 is 0. The molecule has 0 fully saturated rings. The van der Waals surface area contributed by atoms with Crippen molar-refractivity contribution in [3.8, 4) is 6.07 Å². The molecule has 0 saturated carbocycles. The SMILES string of the molecule is CCNc1cnn(CC(=O)NCCC#N)c(=O)c1. The summed E-state index contributed by atoms with van der Waals surface area (Å²) < 4.78 is 1.07. The molecule has 1 heterocycles. The first-order chi connectivity index (χ1) is 8.67. The highest BCUT2D eigenvalue weighted by atomic mass is 16.2. The van der Waals surface area contributed by atoms with Crippen molar-refractivity contribution >= 4 is 11.6 Å². The molecule has 2 N–H and O–H groups in total. The Balaban J connectivity index is 2.60. The van der Waals surface area contributed by atoms with Gasteiger partial charge in [-0.2, -0.15) is 10.4 Å². The highest BCUT2D eigenvalue weighted by Gasteiger charge is 2.05. The highest BCUT2D eigenvalue weighted by molar-refractivity contribution is 5.75. The third-order valence-electron chi connectivity index (χ3n) is 2.10. The smallest absolute Gasteiger partial charge is 0.269 e. The molecule has 0 bridgehead atoms. The molecule has 96 valence electrons. The van der Waals surface area contributed by atoms with Gasteiger partial charge in [-0.25, -0.2) is 4.68 Å². The average Bonchev–Trinajstić information content (AvgIpc) is 2.33. The van der Waals surface area contributed by atoms with E-state index >= 15 is 0 Å². The number of rotatable bonds is 6. The van der Waals surface area contributed by atoms with Crippen molar-refractivity contribution in [2.75, 3.05) is 18.4 Å². The van der Waals surface area contributed by atoms with Gasteiger partial charge >= 0.3 is 0 Å². The lowest BCUT2D eigenvalue weighted by atomic mass is 10.4. The largest absolute Gasteiger partial charge is 0.384 e. The number of nitrogens with one attached hydrogen (secondary N) is 2. The normalized spacial score (nSPS) is 9.56. The van der Waals surface area contributed by atoms with E-state index in [-0.39, 0.29) is 31.0 Å². The van der Waals surface area contributed by atoms with Gasteiger partial charge < -0.3 is 10.6 Å². The summed E-state index contributed by atoms with van der Waals surface area (Å²) in [6, 6.07) is 3.30. The number of hydrogen-bond donors (Lipinski definition) is 2. The van der Waals surface area contributed by atoms with Crippen LogP contribution in [-0.2, 0) is 11.3 Å². The van der Waals surface area contributed by atoms with E-state index in [1.54, 1.807) is 0 Å². The van der Waals surface area contributed by atoms with Gasteiger partial charge in [0.25, 0.3) is 5.56 Å². The van der Waals surface area contributed by atoms with Crippen molar-refractivity contribution < 1.29 is 4.79 Å². The molecule has 7 heteroatoms. The fraction of sp³-hybridized carbons (Fsp3) is 0.455. The molecule has 0 unspecified atom stereocenters. The van der Waals surface area contributed by atoms with Crippen LogP contribution in [0, 0.1) is 11.3 Å². The van der Waals surface area contributed by atoms with Gasteiger partial charge in [-0.3, -0.25) is 9.59 Å². The van der Waals surface area contributed by atoms with Gasteiger partial charge in [-0.1, -0.05) is 0 Å². The zero-order chi connectivity index (χ0) is 13.4. The van der Waals surface area contributed by atoms with E-state index in [9.17, 15) is 9.59 Å². The molecule has 18 heavy (non-hydrogen) atoms. The van der Waals surface area contributed by atoms with Crippen molar-refractivity contribution in [3.63, 3.8) is 0 Å². The predicted octanol–water partition coefficient (Wildman–Crippen LogP) is -0.295. The van der Waals surface area contributed by atoms with Gasteiger partial charge in [0.2, 0.25) is 5.91 Å². The van der Waals surface area contributed by atoms with E-state index in [2.05, 4.69) is 15.7 Å². The summed E-state index contributed by atoms with van der Waals surface area (Å²) in [6.45, 7) is 2.74. The van der Waals surface area contributed by atoms with Crippen LogP contribution < -0.4 is 16.2 Å². The number of nitriles is 1. The number of anilines is 1. The Kier molecular flexibility index (Phi) is 5.38. The second-order valence-corrected chi connectivity index (χ2v) is 3.53. The lowest BCUT2D eigenvalue weighted by molar-refractivity contribution is -0.121. The quantitative estimate of drug-likeness (QED) is 0.674. The third kappa shape index (κ3) is 4.25. The standard InChI is InChI=1S/C11H15N5O2/c1-2-13-9-6-11(18)16(15-7-9)8-10(17)14-5-3-4-12/h6-7,13H,2-3,5,8H2,1H3,(H,14,17). The maximum absolute atomic E-state index is 11.6. The van der Waals surface area contributed by atoms with Crippen molar-refractivity contribution in [2.45, 2.75) is 19.9 Å². The second-order valence-electron chi connectivity index (χ2n) is 3.53. The Morgan fingerprint density at radius 2 is 2.39 bits per heavy atom. The maximum atomic E-state index is 11.6. The molecule has 1 aromatic heterocycles. The van der Waals surface area contributed by atoms with E-state index in [1.165, 1.54) is 12.3 Å². The van der Waals surface area contributed by atoms with Crippen molar-refractivity contribution in [1.29, 1.82) is 5.26 Å². The van der Waals surface area contributed by atoms with Crippen LogP contribution in [0.3, 0.4) is 0 Å². The van der Waals surface area contributed by atoms with Crippen LogP contribution in [0.2, 0.25) is 0 Å². The Morgan fingerprint density at radius 1 is 1.61 bits per heavy atom. The fourth-order valence-corrected chi connectivity index (χ4v) is 1.30. The Labute approximate surface area is 104 Å². The molecule has 0 saturated heterocycles. The van der Waals surface area contributed by atoms with Crippen molar-refractivity contribution in [3.05, 3.63) is 22.6 Å². The lowest BCUT2D eigenvalue weighted by Gasteiger charge is -2.06. The predicted molar refractivity (Wildman–Crippen MR) is 65.9 cm³/mol. The zero-order valence-corrected chi connectivity index (χ0v) is 10.1. The van der Waals surface area contributed by atoms with Crippen LogP contribution in [0.4, 0.5) is 5.69 Å². The third-order valence-corrected chi connectivity index (χ3v) is 2.10. The molecular weight excluding hydrogens is 234 g/mol. The van der Waals surface area contributed by atoms with Gasteiger partial charge in [0.05, 0.1) is 24.4 Å². The van der Waals surface area contributed by atoms with E-state index in [1.807, 2.05) is 13.0 Å². The summed E-state index contributed by atoms with van der Waals surface area (Å²) in [4.78, 5) is 23.0. The van der Waals surface area contributed by atoms with E-state index < -0.39 is 0 Å². The zero-order valence-electron chi connectivity index (χ0n) is 10.1.